The molecule has 0 fully saturated rings. The van der Waals surface area contributed by atoms with Gasteiger partial charge in [0.15, 0.2) is 0 Å². The summed E-state index contributed by atoms with van der Waals surface area (Å²) in [6.45, 7) is 7.42. The predicted molar refractivity (Wildman–Crippen MR) is 43.0 cm³/mol. The maximum absolute atomic E-state index is 11.0. The molecule has 10 heavy (non-hydrogen) atoms. The van der Waals surface area contributed by atoms with Gasteiger partial charge in [-0.15, -0.1) is 0 Å². The molecule has 0 aliphatic carbocycles. The number of nitrogens with one attached hydrogen (secondary N) is 1. The van der Waals surface area contributed by atoms with Crippen LogP contribution in [0.1, 0.15) is 27.2 Å². The Labute approximate surface area is 63.0 Å². The fourth-order valence-electron chi connectivity index (χ4n) is 0.592. The van der Waals surface area contributed by atoms with Crippen LogP contribution in [0.15, 0.2) is 0 Å². The Morgan fingerprint density at radius 1 is 1.50 bits per heavy atom. The van der Waals surface area contributed by atoms with Gasteiger partial charge in [0, 0.05) is 5.92 Å². The molecule has 0 atom stereocenters. The van der Waals surface area contributed by atoms with E-state index >= 15 is 0 Å². The maximum Gasteiger partial charge on any atom is 0.149 e. The normalized spacial score (nSPS) is 10.4. The van der Waals surface area contributed by atoms with Crippen molar-refractivity contribution in [3.8, 4) is 0 Å². The van der Waals surface area contributed by atoms with Crippen LogP contribution in [0.3, 0.4) is 0 Å². The lowest BCUT2D eigenvalue weighted by Gasteiger charge is -2.03. The summed E-state index contributed by atoms with van der Waals surface area (Å²) in [5.41, 5.74) is 0. The summed E-state index contributed by atoms with van der Waals surface area (Å²) in [5.74, 6) is 0.470. The SMILES string of the molecule is CCCNCC(=O)C(C)C. The number of carbonyl (C=O) groups excluding carboxylic acids is 1. The summed E-state index contributed by atoms with van der Waals surface area (Å²) in [6.07, 6.45) is 1.09. The van der Waals surface area contributed by atoms with Crippen molar-refractivity contribution in [2.75, 3.05) is 13.1 Å². The lowest BCUT2D eigenvalue weighted by Crippen LogP contribution is -2.26. The largest absolute Gasteiger partial charge is 0.310 e. The van der Waals surface area contributed by atoms with Crippen LogP contribution in [0, 0.1) is 5.92 Å². The van der Waals surface area contributed by atoms with E-state index in [2.05, 4.69) is 12.2 Å². The van der Waals surface area contributed by atoms with Gasteiger partial charge in [-0.3, -0.25) is 4.79 Å². The van der Waals surface area contributed by atoms with Crippen molar-refractivity contribution in [1.29, 1.82) is 0 Å². The zero-order valence-corrected chi connectivity index (χ0v) is 7.11. The predicted octanol–water partition coefficient (Wildman–Crippen LogP) is 1.21. The quantitative estimate of drug-likeness (QED) is 0.586. The molecule has 0 saturated heterocycles. The lowest BCUT2D eigenvalue weighted by atomic mass is 10.1. The average Bonchev–Trinajstić information content (AvgIpc) is 1.88. The number of rotatable bonds is 5. The number of ketones is 1. The van der Waals surface area contributed by atoms with E-state index in [9.17, 15) is 4.79 Å². The van der Waals surface area contributed by atoms with Crippen molar-refractivity contribution >= 4 is 5.78 Å². The second-order valence-electron chi connectivity index (χ2n) is 2.80. The first-order chi connectivity index (χ1) is 4.68. The second kappa shape index (κ2) is 5.42. The molecule has 0 spiro atoms. The van der Waals surface area contributed by atoms with Crippen LogP contribution in [0.5, 0.6) is 0 Å². The molecule has 0 aromatic rings. The van der Waals surface area contributed by atoms with E-state index < -0.39 is 0 Å². The van der Waals surface area contributed by atoms with E-state index in [0.717, 1.165) is 13.0 Å². The minimum atomic E-state index is 0.171. The average molecular weight is 143 g/mol. The van der Waals surface area contributed by atoms with Gasteiger partial charge >= 0.3 is 0 Å². The summed E-state index contributed by atoms with van der Waals surface area (Å²) in [7, 11) is 0. The highest BCUT2D eigenvalue weighted by molar-refractivity contribution is 5.82. The van der Waals surface area contributed by atoms with Crippen LogP contribution < -0.4 is 5.32 Å². The zero-order chi connectivity index (χ0) is 7.98. The minimum absolute atomic E-state index is 0.171. The number of carbonyl (C=O) groups is 1. The van der Waals surface area contributed by atoms with Gasteiger partial charge in [0.1, 0.15) is 5.78 Å². The highest BCUT2D eigenvalue weighted by Gasteiger charge is 2.04. The molecule has 0 amide bonds. The van der Waals surface area contributed by atoms with Crippen LogP contribution in [-0.4, -0.2) is 18.9 Å². The van der Waals surface area contributed by atoms with Gasteiger partial charge in [-0.1, -0.05) is 20.8 Å². The molecular formula is C8H17NO. The van der Waals surface area contributed by atoms with Crippen LogP contribution in [0.25, 0.3) is 0 Å². The van der Waals surface area contributed by atoms with Gasteiger partial charge in [0.05, 0.1) is 6.54 Å². The van der Waals surface area contributed by atoms with Crippen molar-refractivity contribution in [3.05, 3.63) is 0 Å². The molecule has 1 N–H and O–H groups in total. The summed E-state index contributed by atoms with van der Waals surface area (Å²) in [4.78, 5) is 11.0. The Morgan fingerprint density at radius 2 is 2.10 bits per heavy atom. The molecule has 0 aliphatic rings. The summed E-state index contributed by atoms with van der Waals surface area (Å²) >= 11 is 0. The molecule has 0 saturated carbocycles. The molecule has 0 bridgehead atoms. The molecule has 2 heteroatoms. The highest BCUT2D eigenvalue weighted by Crippen LogP contribution is 1.91. The van der Waals surface area contributed by atoms with Crippen LogP contribution in [0.2, 0.25) is 0 Å². The Kier molecular flexibility index (Phi) is 5.22. The van der Waals surface area contributed by atoms with E-state index in [1.165, 1.54) is 0 Å². The van der Waals surface area contributed by atoms with E-state index in [-0.39, 0.29) is 5.92 Å². The van der Waals surface area contributed by atoms with E-state index in [1.54, 1.807) is 0 Å². The third-order valence-corrected chi connectivity index (χ3v) is 1.37. The zero-order valence-electron chi connectivity index (χ0n) is 7.11. The van der Waals surface area contributed by atoms with Crippen molar-refractivity contribution in [2.24, 2.45) is 5.92 Å². The van der Waals surface area contributed by atoms with E-state index in [1.807, 2.05) is 13.8 Å². The molecule has 0 rings (SSSR count). The molecule has 0 aliphatic heterocycles. The first kappa shape index (κ1) is 9.63. The Morgan fingerprint density at radius 3 is 2.50 bits per heavy atom. The monoisotopic (exact) mass is 143 g/mol. The summed E-state index contributed by atoms with van der Waals surface area (Å²) < 4.78 is 0. The Hall–Kier alpha value is -0.370. The standard InChI is InChI=1S/C8H17NO/c1-4-5-9-6-8(10)7(2)3/h7,9H,4-6H2,1-3H3. The topological polar surface area (TPSA) is 29.1 Å². The summed E-state index contributed by atoms with van der Waals surface area (Å²) in [5, 5.41) is 3.07. The van der Waals surface area contributed by atoms with Gasteiger partial charge in [-0.2, -0.15) is 0 Å². The lowest BCUT2D eigenvalue weighted by molar-refractivity contribution is -0.121. The van der Waals surface area contributed by atoms with Crippen LogP contribution in [-0.2, 0) is 4.79 Å². The van der Waals surface area contributed by atoms with Crippen LogP contribution in [0.4, 0.5) is 0 Å². The fourth-order valence-corrected chi connectivity index (χ4v) is 0.592. The third-order valence-electron chi connectivity index (χ3n) is 1.37. The number of hydrogen-bond acceptors (Lipinski definition) is 2. The van der Waals surface area contributed by atoms with Gasteiger partial charge in [0.2, 0.25) is 0 Å². The van der Waals surface area contributed by atoms with Crippen molar-refractivity contribution in [1.82, 2.24) is 5.32 Å². The molecule has 0 heterocycles. The molecule has 60 valence electrons. The summed E-state index contributed by atoms with van der Waals surface area (Å²) in [6, 6.07) is 0. The van der Waals surface area contributed by atoms with Crippen molar-refractivity contribution in [3.63, 3.8) is 0 Å². The van der Waals surface area contributed by atoms with E-state index in [4.69, 9.17) is 0 Å². The van der Waals surface area contributed by atoms with Gasteiger partial charge < -0.3 is 5.32 Å². The van der Waals surface area contributed by atoms with Gasteiger partial charge in [-0.05, 0) is 13.0 Å². The van der Waals surface area contributed by atoms with Crippen LogP contribution >= 0.6 is 0 Å². The van der Waals surface area contributed by atoms with Crippen molar-refractivity contribution < 1.29 is 4.79 Å². The smallest absolute Gasteiger partial charge is 0.149 e. The maximum atomic E-state index is 11.0. The molecule has 0 unspecified atom stereocenters. The molecule has 0 aromatic carbocycles. The molecular weight excluding hydrogens is 126 g/mol. The molecule has 0 radical (unpaired) electrons. The molecule has 0 aromatic heterocycles. The third kappa shape index (κ3) is 4.50. The number of hydrogen-bond donors (Lipinski definition) is 1. The Balaban J connectivity index is 3.22. The van der Waals surface area contributed by atoms with E-state index in [0.29, 0.717) is 12.3 Å². The Bertz CT molecular complexity index is 99.4. The first-order valence-corrected chi connectivity index (χ1v) is 3.92. The van der Waals surface area contributed by atoms with Gasteiger partial charge in [-0.25, -0.2) is 0 Å². The minimum Gasteiger partial charge on any atom is -0.310 e. The second-order valence-corrected chi connectivity index (χ2v) is 2.80. The highest BCUT2D eigenvalue weighted by atomic mass is 16.1. The molecule has 2 nitrogen and oxygen atoms in total. The fraction of sp³-hybridized carbons (Fsp3) is 0.875. The van der Waals surface area contributed by atoms with Crippen molar-refractivity contribution in [2.45, 2.75) is 27.2 Å². The first-order valence-electron chi connectivity index (χ1n) is 3.92. The number of Topliss-reactive ketones (excluding diaryl/α,β-unsaturated/α-hetero) is 1. The van der Waals surface area contributed by atoms with Gasteiger partial charge in [0.25, 0.3) is 0 Å².